The van der Waals surface area contributed by atoms with Crippen molar-refractivity contribution in [3.63, 3.8) is 0 Å². The van der Waals surface area contributed by atoms with E-state index < -0.39 is 12.0 Å². The van der Waals surface area contributed by atoms with Gasteiger partial charge in [0.05, 0.1) is 24.1 Å². The first-order chi connectivity index (χ1) is 13.0. The predicted molar refractivity (Wildman–Crippen MR) is 99.8 cm³/mol. The molecule has 2 fully saturated rings. The first-order valence-electron chi connectivity index (χ1n) is 9.11. The number of rotatable bonds is 6. The van der Waals surface area contributed by atoms with Gasteiger partial charge in [0.2, 0.25) is 5.91 Å². The summed E-state index contributed by atoms with van der Waals surface area (Å²) < 4.78 is 5.70. The molecule has 0 aromatic carbocycles. The fourth-order valence-electron chi connectivity index (χ4n) is 3.69. The smallest absolute Gasteiger partial charge is 0.317 e. The Balaban J connectivity index is 1.60. The number of ether oxygens (including phenoxy) is 1. The van der Waals surface area contributed by atoms with Crippen molar-refractivity contribution in [2.24, 2.45) is 0 Å². The Morgan fingerprint density at radius 2 is 2.19 bits per heavy atom. The van der Waals surface area contributed by atoms with Crippen LogP contribution in [0.5, 0.6) is 0 Å². The van der Waals surface area contributed by atoms with Gasteiger partial charge in [0.25, 0.3) is 5.91 Å². The van der Waals surface area contributed by atoms with Crippen LogP contribution in [0.3, 0.4) is 0 Å². The molecule has 9 heteroatoms. The molecule has 2 aliphatic heterocycles. The summed E-state index contributed by atoms with van der Waals surface area (Å²) in [6, 6.07) is 3.20. The van der Waals surface area contributed by atoms with Crippen molar-refractivity contribution in [3.05, 3.63) is 22.4 Å². The number of likely N-dealkylation sites (tertiary alicyclic amines) is 1. The summed E-state index contributed by atoms with van der Waals surface area (Å²) in [5, 5.41) is 10.7. The fourth-order valence-corrected chi connectivity index (χ4v) is 4.37. The Bertz CT molecular complexity index is 681. The molecule has 2 amide bonds. The summed E-state index contributed by atoms with van der Waals surface area (Å²) >= 11 is 1.39. The number of thiophene rings is 1. The highest BCUT2D eigenvalue weighted by molar-refractivity contribution is 7.12. The molecule has 2 aliphatic rings. The molecule has 1 aromatic heterocycles. The largest absolute Gasteiger partial charge is 0.480 e. The van der Waals surface area contributed by atoms with Crippen molar-refractivity contribution in [3.8, 4) is 0 Å². The standard InChI is InChI=1S/C18H25N3O5S/c1-19(12-16(22)23)10-13-11-20(7-8-26-13)17(24)14-4-2-6-21(14)18(25)15-5-3-9-27-15/h3,5,9,13-14H,2,4,6-8,10-12H2,1H3,(H,22,23)/t13?,14-/m0/s1. The minimum absolute atomic E-state index is 0.0356. The van der Waals surface area contributed by atoms with E-state index in [1.165, 1.54) is 11.3 Å². The molecule has 3 rings (SSSR count). The number of carbonyl (C=O) groups excluding carboxylic acids is 2. The highest BCUT2D eigenvalue weighted by Gasteiger charge is 2.38. The number of hydrogen-bond donors (Lipinski definition) is 1. The molecule has 0 aliphatic carbocycles. The maximum atomic E-state index is 13.1. The zero-order valence-corrected chi connectivity index (χ0v) is 16.2. The molecule has 1 unspecified atom stereocenters. The number of aliphatic carboxylic acids is 1. The first kappa shape index (κ1) is 19.8. The molecule has 27 heavy (non-hydrogen) atoms. The Morgan fingerprint density at radius 1 is 1.37 bits per heavy atom. The molecule has 0 bridgehead atoms. The van der Waals surface area contributed by atoms with Gasteiger partial charge in [-0.05, 0) is 31.3 Å². The van der Waals surface area contributed by atoms with Crippen LogP contribution in [0.25, 0.3) is 0 Å². The summed E-state index contributed by atoms with van der Waals surface area (Å²) in [5.74, 6) is -1.01. The van der Waals surface area contributed by atoms with Gasteiger partial charge < -0.3 is 19.6 Å². The number of morpholine rings is 1. The average molecular weight is 395 g/mol. The number of hydrogen-bond acceptors (Lipinski definition) is 6. The Hall–Kier alpha value is -1.97. The number of carboxylic acid groups (broad SMARTS) is 1. The van der Waals surface area contributed by atoms with E-state index in [4.69, 9.17) is 9.84 Å². The quantitative estimate of drug-likeness (QED) is 0.759. The van der Waals surface area contributed by atoms with Crippen LogP contribution < -0.4 is 0 Å². The fraction of sp³-hybridized carbons (Fsp3) is 0.611. The topological polar surface area (TPSA) is 90.4 Å². The number of carbonyl (C=O) groups is 3. The monoisotopic (exact) mass is 395 g/mol. The lowest BCUT2D eigenvalue weighted by atomic mass is 10.1. The zero-order valence-electron chi connectivity index (χ0n) is 15.4. The summed E-state index contributed by atoms with van der Waals surface area (Å²) in [5.41, 5.74) is 0. The number of amides is 2. The number of likely N-dealkylation sites (N-methyl/N-ethyl adjacent to an activating group) is 1. The maximum Gasteiger partial charge on any atom is 0.317 e. The molecular weight excluding hydrogens is 370 g/mol. The van der Waals surface area contributed by atoms with Gasteiger partial charge in [-0.2, -0.15) is 0 Å². The molecule has 0 saturated carbocycles. The van der Waals surface area contributed by atoms with Gasteiger partial charge in [-0.15, -0.1) is 11.3 Å². The van der Waals surface area contributed by atoms with Crippen LogP contribution in [0.1, 0.15) is 22.5 Å². The van der Waals surface area contributed by atoms with Crippen LogP contribution in [0.2, 0.25) is 0 Å². The van der Waals surface area contributed by atoms with Gasteiger partial charge in [-0.3, -0.25) is 19.3 Å². The molecule has 3 heterocycles. The number of carboxylic acids is 1. The summed E-state index contributed by atoms with van der Waals surface area (Å²) in [4.78, 5) is 42.3. The zero-order chi connectivity index (χ0) is 19.4. The second-order valence-electron chi connectivity index (χ2n) is 7.00. The van der Waals surface area contributed by atoms with E-state index in [2.05, 4.69) is 0 Å². The molecule has 1 N–H and O–H groups in total. The van der Waals surface area contributed by atoms with E-state index in [9.17, 15) is 14.4 Å². The minimum Gasteiger partial charge on any atom is -0.480 e. The SMILES string of the molecule is CN(CC(=O)O)CC1CN(C(=O)[C@@H]2CCCN2C(=O)c2cccs2)CCO1. The molecular formula is C18H25N3O5S. The lowest BCUT2D eigenvalue weighted by molar-refractivity contribution is -0.145. The average Bonchev–Trinajstić information content (AvgIpc) is 3.31. The van der Waals surface area contributed by atoms with Crippen LogP contribution in [-0.4, -0.2) is 96.1 Å². The lowest BCUT2D eigenvalue weighted by Gasteiger charge is -2.37. The molecule has 1 aromatic rings. The molecule has 2 atom stereocenters. The van der Waals surface area contributed by atoms with Crippen molar-refractivity contribution in [1.82, 2.24) is 14.7 Å². The van der Waals surface area contributed by atoms with Crippen LogP contribution in [0.15, 0.2) is 17.5 Å². The molecule has 0 spiro atoms. The van der Waals surface area contributed by atoms with Gasteiger partial charge in [-0.25, -0.2) is 0 Å². The molecule has 148 valence electrons. The lowest BCUT2D eigenvalue weighted by Crippen LogP contribution is -2.54. The second-order valence-corrected chi connectivity index (χ2v) is 7.95. The van der Waals surface area contributed by atoms with E-state index in [0.717, 1.165) is 6.42 Å². The van der Waals surface area contributed by atoms with Crippen LogP contribution in [-0.2, 0) is 14.3 Å². The Morgan fingerprint density at radius 3 is 2.89 bits per heavy atom. The van der Waals surface area contributed by atoms with Crippen LogP contribution in [0.4, 0.5) is 0 Å². The van der Waals surface area contributed by atoms with Crippen molar-refractivity contribution in [1.29, 1.82) is 0 Å². The van der Waals surface area contributed by atoms with Gasteiger partial charge in [0, 0.05) is 26.2 Å². The Labute approximate surface area is 162 Å². The molecule has 2 saturated heterocycles. The summed E-state index contributed by atoms with van der Waals surface area (Å²) in [6.45, 7) is 2.30. The third kappa shape index (κ3) is 4.85. The molecule has 0 radical (unpaired) electrons. The highest BCUT2D eigenvalue weighted by Crippen LogP contribution is 2.24. The second kappa shape index (κ2) is 8.81. The van der Waals surface area contributed by atoms with E-state index in [1.807, 2.05) is 11.4 Å². The minimum atomic E-state index is -0.894. The van der Waals surface area contributed by atoms with Crippen LogP contribution in [0, 0.1) is 0 Å². The normalized spacial score (nSPS) is 23.0. The number of nitrogens with zero attached hydrogens (tertiary/aromatic N) is 3. The van der Waals surface area contributed by atoms with Crippen molar-refractivity contribution < 1.29 is 24.2 Å². The third-order valence-corrected chi connectivity index (χ3v) is 5.76. The van der Waals surface area contributed by atoms with Crippen LogP contribution >= 0.6 is 11.3 Å². The Kier molecular flexibility index (Phi) is 6.46. The van der Waals surface area contributed by atoms with Crippen molar-refractivity contribution in [2.45, 2.75) is 25.0 Å². The van der Waals surface area contributed by atoms with Crippen molar-refractivity contribution >= 4 is 29.1 Å². The summed E-state index contributed by atoms with van der Waals surface area (Å²) in [7, 11) is 1.72. The van der Waals surface area contributed by atoms with E-state index in [1.54, 1.807) is 27.8 Å². The van der Waals surface area contributed by atoms with E-state index >= 15 is 0 Å². The first-order valence-corrected chi connectivity index (χ1v) is 9.99. The maximum absolute atomic E-state index is 13.1. The van der Waals surface area contributed by atoms with E-state index in [-0.39, 0.29) is 24.5 Å². The molecule has 8 nitrogen and oxygen atoms in total. The van der Waals surface area contributed by atoms with Gasteiger partial charge in [0.15, 0.2) is 0 Å². The van der Waals surface area contributed by atoms with Gasteiger partial charge in [0.1, 0.15) is 6.04 Å². The summed E-state index contributed by atoms with van der Waals surface area (Å²) in [6.07, 6.45) is 1.27. The van der Waals surface area contributed by atoms with Crippen molar-refractivity contribution in [2.75, 3.05) is 46.4 Å². The highest BCUT2D eigenvalue weighted by atomic mass is 32.1. The third-order valence-electron chi connectivity index (χ3n) is 4.90. The van der Waals surface area contributed by atoms with Gasteiger partial charge in [-0.1, -0.05) is 6.07 Å². The van der Waals surface area contributed by atoms with E-state index in [0.29, 0.717) is 44.1 Å². The van der Waals surface area contributed by atoms with Gasteiger partial charge >= 0.3 is 5.97 Å². The predicted octanol–water partition coefficient (Wildman–Crippen LogP) is 0.597.